The normalized spacial score (nSPS) is 24.1. The molecule has 0 aliphatic carbocycles. The van der Waals surface area contributed by atoms with Gasteiger partial charge in [0, 0.05) is 6.42 Å². The molecule has 9 N–H and O–H groups in total. The number of hydrogen-bond acceptors (Lipinski definition) is 13. The molecule has 80 heavy (non-hydrogen) atoms. The monoisotopic (exact) mass is 1140 g/mol. The maximum absolute atomic E-state index is 13.2. The van der Waals surface area contributed by atoms with Gasteiger partial charge in [0.25, 0.3) is 0 Å². The lowest BCUT2D eigenvalue weighted by Crippen LogP contribution is -2.65. The summed E-state index contributed by atoms with van der Waals surface area (Å²) < 4.78 is 22.8. The summed E-state index contributed by atoms with van der Waals surface area (Å²) in [4.78, 5) is 13.2. The molecule has 476 valence electrons. The molecule has 0 aromatic rings. The third-order valence-corrected chi connectivity index (χ3v) is 17.3. The van der Waals surface area contributed by atoms with Gasteiger partial charge in [0.2, 0.25) is 5.91 Å². The molecule has 0 spiro atoms. The maximum atomic E-state index is 13.2. The van der Waals surface area contributed by atoms with Gasteiger partial charge in [-0.25, -0.2) is 0 Å². The predicted molar refractivity (Wildman–Crippen MR) is 323 cm³/mol. The summed E-state index contributed by atoms with van der Waals surface area (Å²) in [6, 6.07) is -0.821. The first-order valence-corrected chi connectivity index (χ1v) is 34.3. The van der Waals surface area contributed by atoms with Crippen molar-refractivity contribution in [3.63, 3.8) is 0 Å². The molecule has 2 rings (SSSR count). The second-order valence-corrected chi connectivity index (χ2v) is 24.7. The fraction of sp³-hybridized carbons (Fsp3) is 0.985. The van der Waals surface area contributed by atoms with Gasteiger partial charge in [-0.1, -0.05) is 303 Å². The van der Waals surface area contributed by atoms with Crippen molar-refractivity contribution in [2.24, 2.45) is 0 Å². The van der Waals surface area contributed by atoms with Gasteiger partial charge in [-0.3, -0.25) is 4.79 Å². The van der Waals surface area contributed by atoms with Crippen LogP contribution in [0, 0.1) is 0 Å². The minimum absolute atomic E-state index is 0.201. The summed E-state index contributed by atoms with van der Waals surface area (Å²) >= 11 is 0. The van der Waals surface area contributed by atoms with E-state index < -0.39 is 86.8 Å². The molecule has 2 heterocycles. The largest absolute Gasteiger partial charge is 0.394 e. The fourth-order valence-corrected chi connectivity index (χ4v) is 11.8. The summed E-state index contributed by atoms with van der Waals surface area (Å²) in [5, 5.41) is 87.1. The van der Waals surface area contributed by atoms with Crippen molar-refractivity contribution >= 4 is 5.91 Å². The van der Waals surface area contributed by atoms with Crippen LogP contribution < -0.4 is 5.32 Å². The van der Waals surface area contributed by atoms with Gasteiger partial charge in [-0.15, -0.1) is 0 Å². The van der Waals surface area contributed by atoms with E-state index in [0.29, 0.717) is 12.8 Å². The lowest BCUT2D eigenvalue weighted by Gasteiger charge is -2.46. The van der Waals surface area contributed by atoms with E-state index in [0.717, 1.165) is 51.4 Å². The third-order valence-electron chi connectivity index (χ3n) is 17.3. The molecular weight excluding hydrogens is 1010 g/mol. The molecule has 0 radical (unpaired) electrons. The molecule has 14 heteroatoms. The molecule has 1 amide bonds. The quantitative estimate of drug-likeness (QED) is 0.0259. The Morgan fingerprint density at radius 3 is 1.06 bits per heavy atom. The number of aliphatic hydroxyl groups is 8. The van der Waals surface area contributed by atoms with E-state index in [-0.39, 0.29) is 12.5 Å². The van der Waals surface area contributed by atoms with E-state index in [4.69, 9.17) is 18.9 Å². The molecule has 12 unspecified atom stereocenters. The molecule has 0 bridgehead atoms. The lowest BCUT2D eigenvalue weighted by molar-refractivity contribution is -0.359. The van der Waals surface area contributed by atoms with Crippen molar-refractivity contribution < 1.29 is 64.6 Å². The van der Waals surface area contributed by atoms with E-state index in [9.17, 15) is 45.6 Å². The zero-order valence-corrected chi connectivity index (χ0v) is 51.6. The van der Waals surface area contributed by atoms with Crippen molar-refractivity contribution in [3.8, 4) is 0 Å². The third kappa shape index (κ3) is 36.7. The minimum Gasteiger partial charge on any atom is -0.394 e. The van der Waals surface area contributed by atoms with Gasteiger partial charge in [-0.05, 0) is 12.8 Å². The number of carbonyl (C=O) groups is 1. The van der Waals surface area contributed by atoms with Crippen LogP contribution >= 0.6 is 0 Å². The molecule has 2 fully saturated rings. The van der Waals surface area contributed by atoms with Crippen LogP contribution in [0.4, 0.5) is 0 Å². The van der Waals surface area contributed by atoms with Gasteiger partial charge < -0.3 is 65.1 Å². The zero-order chi connectivity index (χ0) is 58.1. The molecule has 0 saturated carbocycles. The number of nitrogens with one attached hydrogen (secondary N) is 1. The Kier molecular flexibility index (Phi) is 49.1. The first-order valence-electron chi connectivity index (χ1n) is 34.3. The van der Waals surface area contributed by atoms with Crippen LogP contribution in [0.15, 0.2) is 0 Å². The van der Waals surface area contributed by atoms with Crippen LogP contribution in [0.5, 0.6) is 0 Å². The van der Waals surface area contributed by atoms with Crippen LogP contribution in [0.2, 0.25) is 0 Å². The number of unbranched alkanes of at least 4 members (excludes halogenated alkanes) is 44. The number of rotatable bonds is 57. The number of amides is 1. The van der Waals surface area contributed by atoms with Crippen molar-refractivity contribution in [2.45, 2.75) is 396 Å². The Balaban J connectivity index is 1.51. The van der Waals surface area contributed by atoms with Crippen LogP contribution in [-0.2, 0) is 23.7 Å². The number of aliphatic hydroxyl groups excluding tert-OH is 8. The summed E-state index contributed by atoms with van der Waals surface area (Å²) in [6.45, 7) is 2.87. The number of hydrogen-bond donors (Lipinski definition) is 9. The topological polar surface area (TPSA) is 228 Å². The first-order chi connectivity index (χ1) is 39.1. The van der Waals surface area contributed by atoms with Crippen LogP contribution in [0.1, 0.15) is 322 Å². The summed E-state index contributed by atoms with van der Waals surface area (Å²) in [5.74, 6) is -0.201. The van der Waals surface area contributed by atoms with Crippen molar-refractivity contribution in [1.82, 2.24) is 5.32 Å². The van der Waals surface area contributed by atoms with Gasteiger partial charge >= 0.3 is 0 Å². The van der Waals surface area contributed by atoms with E-state index in [2.05, 4.69) is 19.2 Å². The SMILES string of the molecule is CCCCCCCCCCCCCCCCCCCCCCCCCCCCCCCCCCCCCCCC(=O)NC(COC1OC(CO)C(OC2OC(CO)C(O)C(O)C2O)C(O)C1O)C(O)CCCCCCCCCCC. The smallest absolute Gasteiger partial charge is 0.220 e. The highest BCUT2D eigenvalue weighted by Gasteiger charge is 2.51. The molecule has 12 atom stereocenters. The van der Waals surface area contributed by atoms with Crippen molar-refractivity contribution in [2.75, 3.05) is 19.8 Å². The average Bonchev–Trinajstić information content (AvgIpc) is 3.49. The van der Waals surface area contributed by atoms with E-state index in [1.165, 1.54) is 244 Å². The first kappa shape index (κ1) is 75.1. The summed E-state index contributed by atoms with van der Waals surface area (Å²) in [5.41, 5.74) is 0. The van der Waals surface area contributed by atoms with Crippen LogP contribution in [-0.4, -0.2) is 140 Å². The Morgan fingerprint density at radius 2 is 0.713 bits per heavy atom. The number of ether oxygens (including phenoxy) is 4. The van der Waals surface area contributed by atoms with Gasteiger partial charge in [0.1, 0.15) is 48.8 Å². The highest BCUT2D eigenvalue weighted by atomic mass is 16.7. The molecule has 2 aliphatic rings. The fourth-order valence-electron chi connectivity index (χ4n) is 11.8. The van der Waals surface area contributed by atoms with Crippen molar-refractivity contribution in [3.05, 3.63) is 0 Å². The Hall–Kier alpha value is -1.01. The predicted octanol–water partition coefficient (Wildman–Crippen LogP) is 13.2. The molecule has 0 aromatic heterocycles. The molecule has 2 aliphatic heterocycles. The molecular formula is C66H129NO13. The van der Waals surface area contributed by atoms with Gasteiger partial charge in [-0.2, -0.15) is 0 Å². The van der Waals surface area contributed by atoms with E-state index in [1.54, 1.807) is 0 Å². The van der Waals surface area contributed by atoms with Crippen LogP contribution in [0.3, 0.4) is 0 Å². The zero-order valence-electron chi connectivity index (χ0n) is 51.6. The second-order valence-electron chi connectivity index (χ2n) is 24.7. The second kappa shape index (κ2) is 52.3. The van der Waals surface area contributed by atoms with E-state index in [1.807, 2.05) is 0 Å². The molecule has 14 nitrogen and oxygen atoms in total. The highest BCUT2D eigenvalue weighted by Crippen LogP contribution is 2.30. The summed E-state index contributed by atoms with van der Waals surface area (Å²) in [6.07, 6.45) is 44.7. The molecule has 2 saturated heterocycles. The maximum Gasteiger partial charge on any atom is 0.220 e. The Bertz CT molecular complexity index is 1350. The van der Waals surface area contributed by atoms with Crippen LogP contribution in [0.25, 0.3) is 0 Å². The van der Waals surface area contributed by atoms with E-state index >= 15 is 0 Å². The summed E-state index contributed by atoms with van der Waals surface area (Å²) in [7, 11) is 0. The standard InChI is InChI=1S/C66H129NO13/c1-3-5-7-9-11-13-14-15-16-17-18-19-20-21-22-23-24-25-26-27-28-29-30-31-32-33-34-35-36-37-38-39-40-42-44-46-48-50-58(71)67-54(55(70)49-47-45-43-41-12-10-8-6-4-2)53-77-65-63(76)61(74)64(57(52-69)79-65)80-66-62(75)60(73)59(72)56(51-68)78-66/h54-57,59-66,68-70,72-76H,3-53H2,1-2H3,(H,67,71). The highest BCUT2D eigenvalue weighted by molar-refractivity contribution is 5.76. The van der Waals surface area contributed by atoms with Gasteiger partial charge in [0.05, 0.1) is 32.0 Å². The average molecular weight is 1140 g/mol. The van der Waals surface area contributed by atoms with Crippen molar-refractivity contribution in [1.29, 1.82) is 0 Å². The van der Waals surface area contributed by atoms with Gasteiger partial charge in [0.15, 0.2) is 12.6 Å². The lowest BCUT2D eigenvalue weighted by atomic mass is 9.97. The molecule has 0 aromatic carbocycles. The Labute approximate surface area is 489 Å². The number of carbonyl (C=O) groups excluding carboxylic acids is 1. The Morgan fingerprint density at radius 1 is 0.400 bits per heavy atom. The minimum atomic E-state index is -1.78.